The van der Waals surface area contributed by atoms with Crippen molar-refractivity contribution in [1.29, 1.82) is 0 Å². The zero-order chi connectivity index (χ0) is 8.43. The summed E-state index contributed by atoms with van der Waals surface area (Å²) in [6.07, 6.45) is 4.79. The normalized spacial score (nSPS) is 29.8. The summed E-state index contributed by atoms with van der Waals surface area (Å²) >= 11 is 0. The van der Waals surface area contributed by atoms with Crippen molar-refractivity contribution < 1.29 is 29.0 Å². The van der Waals surface area contributed by atoms with Gasteiger partial charge in [0.2, 0.25) is 0 Å². The number of quaternary nitrogens is 1. The monoisotopic (exact) mass is 282 g/mol. The quantitative estimate of drug-likeness (QED) is 0.548. The Balaban J connectivity index is 0.00000121. The lowest BCUT2D eigenvalue weighted by Crippen LogP contribution is -3.12. The van der Waals surface area contributed by atoms with Crippen molar-refractivity contribution in [3.8, 4) is 0 Å². The third-order valence-corrected chi connectivity index (χ3v) is 2.68. The molecular formula is C9H19IN2. The maximum absolute atomic E-state index is 2.40. The van der Waals surface area contributed by atoms with Gasteiger partial charge in [-0.2, -0.15) is 0 Å². The highest BCUT2D eigenvalue weighted by Gasteiger charge is 2.28. The lowest BCUT2D eigenvalue weighted by molar-refractivity contribution is -0.958. The molecule has 1 N–H and O–H groups in total. The Morgan fingerprint density at radius 3 is 2.33 bits per heavy atom. The van der Waals surface area contributed by atoms with Crippen LogP contribution in [0.1, 0.15) is 26.7 Å². The molecule has 2 atom stereocenters. The first-order valence-electron chi connectivity index (χ1n) is 4.48. The van der Waals surface area contributed by atoms with Gasteiger partial charge in [0.1, 0.15) is 5.70 Å². The maximum Gasteiger partial charge on any atom is 0.124 e. The summed E-state index contributed by atoms with van der Waals surface area (Å²) in [4.78, 5) is 0. The van der Waals surface area contributed by atoms with Crippen LogP contribution in [0.2, 0.25) is 0 Å². The van der Waals surface area contributed by atoms with E-state index in [2.05, 4.69) is 39.0 Å². The van der Waals surface area contributed by atoms with E-state index in [0.29, 0.717) is 6.04 Å². The van der Waals surface area contributed by atoms with Gasteiger partial charge in [0, 0.05) is 13.5 Å². The fourth-order valence-corrected chi connectivity index (χ4v) is 1.71. The Kier molecular flexibility index (Phi) is 5.36. The molecule has 2 nitrogen and oxygen atoms in total. The molecule has 1 heterocycles. The Bertz CT molecular complexity index is 168. The van der Waals surface area contributed by atoms with Gasteiger partial charge in [0.15, 0.2) is 0 Å². The summed E-state index contributed by atoms with van der Waals surface area (Å²) in [6.45, 7) is 4.46. The minimum absolute atomic E-state index is 0. The minimum Gasteiger partial charge on any atom is -1.00 e. The van der Waals surface area contributed by atoms with E-state index in [1.165, 1.54) is 23.5 Å². The predicted octanol–water partition coefficient (Wildman–Crippen LogP) is -2.56. The van der Waals surface area contributed by atoms with E-state index < -0.39 is 0 Å². The average molecular weight is 282 g/mol. The number of likely N-dealkylation sites (N-methyl/N-ethyl adjacent to an activating group) is 1. The number of nitrogens with one attached hydrogen (secondary N) is 1. The van der Waals surface area contributed by atoms with Crippen molar-refractivity contribution in [2.75, 3.05) is 14.1 Å². The Morgan fingerprint density at radius 2 is 2.08 bits per heavy atom. The van der Waals surface area contributed by atoms with Crippen molar-refractivity contribution >= 4 is 0 Å². The van der Waals surface area contributed by atoms with E-state index in [9.17, 15) is 0 Å². The molecule has 0 aromatic rings. The first-order chi connectivity index (χ1) is 5.20. The van der Waals surface area contributed by atoms with Gasteiger partial charge in [-0.15, -0.1) is 5.01 Å². The van der Waals surface area contributed by atoms with E-state index in [0.717, 1.165) is 0 Å². The van der Waals surface area contributed by atoms with Gasteiger partial charge in [0.05, 0.1) is 13.1 Å². The summed E-state index contributed by atoms with van der Waals surface area (Å²) in [6, 6.07) is 0.657. The second-order valence-electron chi connectivity index (χ2n) is 3.22. The number of hydrogen-bond donors (Lipinski definition) is 1. The molecule has 1 rings (SSSR count). The first-order valence-corrected chi connectivity index (χ1v) is 4.48. The zero-order valence-electron chi connectivity index (χ0n) is 8.39. The smallest absolute Gasteiger partial charge is 0.124 e. The average Bonchev–Trinajstić information content (AvgIpc) is 2.30. The van der Waals surface area contributed by atoms with Crippen molar-refractivity contribution in [3.05, 3.63) is 11.8 Å². The van der Waals surface area contributed by atoms with Crippen LogP contribution in [0.5, 0.6) is 0 Å². The topological polar surface area (TPSA) is 7.68 Å². The molecule has 2 unspecified atom stereocenters. The first kappa shape index (κ1) is 12.4. The van der Waals surface area contributed by atoms with Crippen molar-refractivity contribution in [2.45, 2.75) is 32.7 Å². The molecular weight excluding hydrogens is 263 g/mol. The number of halogens is 1. The Hall–Kier alpha value is 0.390. The van der Waals surface area contributed by atoms with Crippen LogP contribution in [0.15, 0.2) is 11.8 Å². The molecule has 0 saturated carbocycles. The fourth-order valence-electron chi connectivity index (χ4n) is 1.71. The highest BCUT2D eigenvalue weighted by atomic mass is 127. The molecule has 0 aromatic heterocycles. The molecule has 72 valence electrons. The van der Waals surface area contributed by atoms with Crippen LogP contribution in [0.4, 0.5) is 0 Å². The van der Waals surface area contributed by atoms with Gasteiger partial charge >= 0.3 is 0 Å². The van der Waals surface area contributed by atoms with Gasteiger partial charge in [-0.1, -0.05) is 13.8 Å². The largest absolute Gasteiger partial charge is 1.00 e. The van der Waals surface area contributed by atoms with Crippen molar-refractivity contribution in [3.63, 3.8) is 0 Å². The molecule has 12 heavy (non-hydrogen) atoms. The van der Waals surface area contributed by atoms with E-state index in [1.54, 1.807) is 0 Å². The van der Waals surface area contributed by atoms with Crippen LogP contribution < -0.4 is 29.0 Å². The second-order valence-corrected chi connectivity index (χ2v) is 3.22. The molecule has 0 aliphatic carbocycles. The van der Waals surface area contributed by atoms with Crippen LogP contribution in [-0.2, 0) is 0 Å². The third kappa shape index (κ3) is 2.20. The zero-order valence-corrected chi connectivity index (χ0v) is 10.6. The molecule has 3 heteroatoms. The summed E-state index contributed by atoms with van der Waals surface area (Å²) in [5, 5.41) is 3.83. The van der Waals surface area contributed by atoms with E-state index in [1.807, 2.05) is 0 Å². The number of rotatable bonds is 2. The molecule has 0 spiro atoms. The van der Waals surface area contributed by atoms with Gasteiger partial charge in [0.25, 0.3) is 0 Å². The Morgan fingerprint density at radius 1 is 1.50 bits per heavy atom. The lowest BCUT2D eigenvalue weighted by atomic mass is 10.2. The number of allylic oxidation sites excluding steroid dienone is 1. The third-order valence-electron chi connectivity index (χ3n) is 2.68. The summed E-state index contributed by atoms with van der Waals surface area (Å²) in [5.74, 6) is 0. The fraction of sp³-hybridized carbons (Fsp3) is 0.778. The van der Waals surface area contributed by atoms with Crippen LogP contribution in [0, 0.1) is 0 Å². The summed E-state index contributed by atoms with van der Waals surface area (Å²) in [5.41, 5.74) is 1.53. The van der Waals surface area contributed by atoms with Gasteiger partial charge in [-0.05, 0) is 12.5 Å². The molecule has 0 amide bonds. The minimum atomic E-state index is 0. The predicted molar refractivity (Wildman–Crippen MR) is 47.1 cm³/mol. The van der Waals surface area contributed by atoms with Crippen molar-refractivity contribution in [2.24, 2.45) is 0 Å². The van der Waals surface area contributed by atoms with E-state index >= 15 is 0 Å². The van der Waals surface area contributed by atoms with Gasteiger partial charge in [-0.3, -0.25) is 0 Å². The van der Waals surface area contributed by atoms with E-state index in [4.69, 9.17) is 0 Å². The standard InChI is InChI=1S/C9H18N2.HI/c1-5-8-7-9(6-2)11(4)10(8)3;/h7-8H,5-6H2,1-4H3;1H. The summed E-state index contributed by atoms with van der Waals surface area (Å²) < 4.78 is 0. The molecule has 1 aliphatic rings. The SMILES string of the molecule is CCC1=CC(CC)N(C)[NH+]1C.[I-]. The maximum atomic E-state index is 2.40. The lowest BCUT2D eigenvalue weighted by Gasteiger charge is -2.21. The van der Waals surface area contributed by atoms with Gasteiger partial charge < -0.3 is 24.0 Å². The molecule has 0 bridgehead atoms. The van der Waals surface area contributed by atoms with E-state index in [-0.39, 0.29) is 24.0 Å². The summed E-state index contributed by atoms with van der Waals surface area (Å²) in [7, 11) is 4.40. The molecule has 0 radical (unpaired) electrons. The molecule has 1 aliphatic heterocycles. The Labute approximate surface area is 92.6 Å². The van der Waals surface area contributed by atoms with Crippen LogP contribution in [0.3, 0.4) is 0 Å². The van der Waals surface area contributed by atoms with Crippen molar-refractivity contribution in [1.82, 2.24) is 5.01 Å². The molecule has 0 saturated heterocycles. The highest BCUT2D eigenvalue weighted by molar-refractivity contribution is 5.01. The molecule has 0 fully saturated rings. The van der Waals surface area contributed by atoms with Crippen LogP contribution >= 0.6 is 0 Å². The second kappa shape index (κ2) is 5.19. The van der Waals surface area contributed by atoms with Crippen LogP contribution in [0.25, 0.3) is 0 Å². The van der Waals surface area contributed by atoms with Gasteiger partial charge in [-0.25, -0.2) is 5.01 Å². The number of hydrogen-bond acceptors (Lipinski definition) is 1. The highest BCUT2D eigenvalue weighted by Crippen LogP contribution is 2.08. The van der Waals surface area contributed by atoms with Crippen LogP contribution in [-0.4, -0.2) is 25.1 Å². The molecule has 0 aromatic carbocycles. The number of nitrogens with zero attached hydrogens (tertiary/aromatic N) is 1.